The van der Waals surface area contributed by atoms with Gasteiger partial charge in [0.15, 0.2) is 11.4 Å². The van der Waals surface area contributed by atoms with E-state index in [1.165, 1.54) is 16.9 Å². The molecule has 2 aromatic rings. The molecule has 0 fully saturated rings. The standard InChI is InChI=1S/C14H16N2O2S/c1-10-4-5-12(11(2)8-10)18-9-13(17)15-14-16(3)6-7-19-14/h4-8H,9H2,1-3H3. The molecule has 4 nitrogen and oxygen atoms in total. The number of aromatic nitrogens is 1. The van der Waals surface area contributed by atoms with Crippen molar-refractivity contribution in [2.75, 3.05) is 6.61 Å². The molecule has 0 spiro atoms. The highest BCUT2D eigenvalue weighted by Gasteiger charge is 2.04. The van der Waals surface area contributed by atoms with Gasteiger partial charge in [-0.2, -0.15) is 4.99 Å². The first-order valence-corrected chi connectivity index (χ1v) is 6.82. The summed E-state index contributed by atoms with van der Waals surface area (Å²) in [5, 5.41) is 1.89. The van der Waals surface area contributed by atoms with Crippen LogP contribution in [0.4, 0.5) is 0 Å². The normalized spacial score (nSPS) is 11.6. The molecule has 0 aliphatic rings. The summed E-state index contributed by atoms with van der Waals surface area (Å²) >= 11 is 1.42. The summed E-state index contributed by atoms with van der Waals surface area (Å²) in [5.74, 6) is 0.447. The predicted molar refractivity (Wildman–Crippen MR) is 75.3 cm³/mol. The summed E-state index contributed by atoms with van der Waals surface area (Å²) in [5.41, 5.74) is 2.20. The quantitative estimate of drug-likeness (QED) is 0.862. The minimum absolute atomic E-state index is 0.0399. The second kappa shape index (κ2) is 5.84. The number of amides is 1. The zero-order valence-corrected chi connectivity index (χ0v) is 12.0. The van der Waals surface area contributed by atoms with Crippen molar-refractivity contribution < 1.29 is 9.53 Å². The number of thiazole rings is 1. The van der Waals surface area contributed by atoms with Gasteiger partial charge in [-0.25, -0.2) is 0 Å². The van der Waals surface area contributed by atoms with Crippen LogP contribution in [0.15, 0.2) is 34.8 Å². The predicted octanol–water partition coefficient (Wildman–Crippen LogP) is 2.21. The zero-order valence-electron chi connectivity index (χ0n) is 11.2. The summed E-state index contributed by atoms with van der Waals surface area (Å²) in [7, 11) is 1.85. The van der Waals surface area contributed by atoms with Crippen LogP contribution in [-0.4, -0.2) is 17.1 Å². The fraction of sp³-hybridized carbons (Fsp3) is 0.286. The molecule has 1 aromatic carbocycles. The van der Waals surface area contributed by atoms with Crippen LogP contribution in [-0.2, 0) is 11.8 Å². The van der Waals surface area contributed by atoms with E-state index in [2.05, 4.69) is 4.99 Å². The molecule has 0 saturated heterocycles. The van der Waals surface area contributed by atoms with Gasteiger partial charge in [-0.3, -0.25) is 4.79 Å². The molecular formula is C14H16N2O2S. The molecule has 19 heavy (non-hydrogen) atoms. The van der Waals surface area contributed by atoms with Gasteiger partial charge in [0.2, 0.25) is 0 Å². The van der Waals surface area contributed by atoms with Gasteiger partial charge >= 0.3 is 0 Å². The van der Waals surface area contributed by atoms with Gasteiger partial charge in [-0.1, -0.05) is 17.7 Å². The maximum Gasteiger partial charge on any atom is 0.286 e. The van der Waals surface area contributed by atoms with Gasteiger partial charge < -0.3 is 9.30 Å². The van der Waals surface area contributed by atoms with E-state index in [1.807, 2.05) is 50.7 Å². The van der Waals surface area contributed by atoms with Crippen molar-refractivity contribution in [3.63, 3.8) is 0 Å². The van der Waals surface area contributed by atoms with E-state index in [0.29, 0.717) is 4.80 Å². The second-order valence-corrected chi connectivity index (χ2v) is 5.23. The number of aryl methyl sites for hydroxylation is 3. The molecule has 1 heterocycles. The Morgan fingerprint density at radius 3 is 2.84 bits per heavy atom. The van der Waals surface area contributed by atoms with E-state index in [4.69, 9.17) is 4.74 Å². The van der Waals surface area contributed by atoms with Crippen LogP contribution in [0.3, 0.4) is 0 Å². The molecule has 0 bridgehead atoms. The van der Waals surface area contributed by atoms with Crippen LogP contribution >= 0.6 is 11.3 Å². The van der Waals surface area contributed by atoms with Crippen LogP contribution in [0.1, 0.15) is 11.1 Å². The Labute approximate surface area is 116 Å². The molecule has 1 aromatic heterocycles. The number of carbonyl (C=O) groups is 1. The zero-order chi connectivity index (χ0) is 13.8. The van der Waals surface area contributed by atoms with Crippen molar-refractivity contribution in [3.05, 3.63) is 45.7 Å². The first-order valence-electron chi connectivity index (χ1n) is 5.94. The Hall–Kier alpha value is -1.88. The average molecular weight is 276 g/mol. The fourth-order valence-corrected chi connectivity index (χ4v) is 2.42. The highest BCUT2D eigenvalue weighted by molar-refractivity contribution is 7.07. The smallest absolute Gasteiger partial charge is 0.286 e. The van der Waals surface area contributed by atoms with Crippen molar-refractivity contribution in [2.45, 2.75) is 13.8 Å². The lowest BCUT2D eigenvalue weighted by Gasteiger charge is -2.07. The van der Waals surface area contributed by atoms with Crippen molar-refractivity contribution in [1.29, 1.82) is 0 Å². The number of hydrogen-bond acceptors (Lipinski definition) is 3. The topological polar surface area (TPSA) is 43.6 Å². The third-order valence-corrected chi connectivity index (χ3v) is 3.51. The van der Waals surface area contributed by atoms with Gasteiger partial charge in [0.25, 0.3) is 5.91 Å². The molecular weight excluding hydrogens is 260 g/mol. The van der Waals surface area contributed by atoms with E-state index < -0.39 is 0 Å². The average Bonchev–Trinajstić information content (AvgIpc) is 2.74. The largest absolute Gasteiger partial charge is 0.483 e. The van der Waals surface area contributed by atoms with Gasteiger partial charge in [-0.15, -0.1) is 11.3 Å². The van der Waals surface area contributed by atoms with Crippen molar-refractivity contribution >= 4 is 17.2 Å². The highest BCUT2D eigenvalue weighted by Crippen LogP contribution is 2.18. The molecule has 5 heteroatoms. The summed E-state index contributed by atoms with van der Waals surface area (Å²) in [6, 6.07) is 5.86. The summed E-state index contributed by atoms with van der Waals surface area (Å²) in [4.78, 5) is 16.4. The van der Waals surface area contributed by atoms with E-state index in [-0.39, 0.29) is 12.5 Å². The van der Waals surface area contributed by atoms with E-state index in [1.54, 1.807) is 4.57 Å². The lowest BCUT2D eigenvalue weighted by Crippen LogP contribution is -2.16. The summed E-state index contributed by atoms with van der Waals surface area (Å²) in [6.45, 7) is 3.94. The minimum Gasteiger partial charge on any atom is -0.483 e. The van der Waals surface area contributed by atoms with Crippen molar-refractivity contribution in [2.24, 2.45) is 12.0 Å². The summed E-state index contributed by atoms with van der Waals surface area (Å²) in [6.07, 6.45) is 1.86. The first-order chi connectivity index (χ1) is 9.06. The molecule has 2 rings (SSSR count). The van der Waals surface area contributed by atoms with Crippen LogP contribution in [0.2, 0.25) is 0 Å². The minimum atomic E-state index is -0.280. The Morgan fingerprint density at radius 1 is 1.42 bits per heavy atom. The third-order valence-electron chi connectivity index (χ3n) is 2.66. The first kappa shape index (κ1) is 13.5. The maximum absolute atomic E-state index is 11.7. The monoisotopic (exact) mass is 276 g/mol. The Morgan fingerprint density at radius 2 is 2.21 bits per heavy atom. The number of benzene rings is 1. The number of carbonyl (C=O) groups excluding carboxylic acids is 1. The van der Waals surface area contributed by atoms with Gasteiger partial charge in [0.1, 0.15) is 5.75 Å². The molecule has 0 atom stereocenters. The second-order valence-electron chi connectivity index (χ2n) is 4.36. The Kier molecular flexibility index (Phi) is 4.16. The van der Waals surface area contributed by atoms with Gasteiger partial charge in [-0.05, 0) is 25.5 Å². The lowest BCUT2D eigenvalue weighted by atomic mass is 10.1. The highest BCUT2D eigenvalue weighted by atomic mass is 32.1. The molecule has 0 radical (unpaired) electrons. The Bertz CT molecular complexity index is 655. The molecule has 100 valence electrons. The van der Waals surface area contributed by atoms with Crippen LogP contribution in [0.25, 0.3) is 0 Å². The van der Waals surface area contributed by atoms with Crippen molar-refractivity contribution in [3.8, 4) is 5.75 Å². The third kappa shape index (κ3) is 3.54. The summed E-state index contributed by atoms with van der Waals surface area (Å²) < 4.78 is 7.30. The number of ether oxygens (including phenoxy) is 1. The molecule has 1 amide bonds. The molecule has 0 aliphatic carbocycles. The SMILES string of the molecule is Cc1ccc(OCC(=O)N=c2sccn2C)c(C)c1. The van der Waals surface area contributed by atoms with Crippen molar-refractivity contribution in [1.82, 2.24) is 4.57 Å². The van der Waals surface area contributed by atoms with Crippen LogP contribution in [0.5, 0.6) is 5.75 Å². The van der Waals surface area contributed by atoms with E-state index in [0.717, 1.165) is 11.3 Å². The van der Waals surface area contributed by atoms with Crippen LogP contribution < -0.4 is 9.54 Å². The molecule has 0 saturated carbocycles. The van der Waals surface area contributed by atoms with E-state index >= 15 is 0 Å². The number of hydrogen-bond donors (Lipinski definition) is 0. The van der Waals surface area contributed by atoms with E-state index in [9.17, 15) is 4.79 Å². The van der Waals surface area contributed by atoms with Gasteiger partial charge in [0.05, 0.1) is 0 Å². The molecule has 0 aliphatic heterocycles. The molecule has 0 unspecified atom stereocenters. The number of nitrogens with zero attached hydrogens (tertiary/aromatic N) is 2. The van der Waals surface area contributed by atoms with Crippen LogP contribution in [0, 0.1) is 13.8 Å². The maximum atomic E-state index is 11.7. The fourth-order valence-electron chi connectivity index (χ4n) is 1.67. The van der Waals surface area contributed by atoms with Gasteiger partial charge in [0, 0.05) is 18.6 Å². The molecule has 0 N–H and O–H groups in total. The number of rotatable bonds is 3. The Balaban J connectivity index is 2.03. The lowest BCUT2D eigenvalue weighted by molar-refractivity contribution is -0.120.